The number of benzene rings is 1. The molecular weight excluding hydrogens is 340 g/mol. The Morgan fingerprint density at radius 2 is 1.92 bits per heavy atom. The summed E-state index contributed by atoms with van der Waals surface area (Å²) in [6, 6.07) is 4.16. The molecule has 0 aromatic heterocycles. The molecule has 3 N–H and O–H groups in total. The molecule has 0 spiro atoms. The maximum atomic E-state index is 12.7. The summed E-state index contributed by atoms with van der Waals surface area (Å²) < 4.78 is 27.8. The summed E-state index contributed by atoms with van der Waals surface area (Å²) in [6.07, 6.45) is 5.37. The zero-order chi connectivity index (χ0) is 18.2. The summed E-state index contributed by atoms with van der Waals surface area (Å²) in [5, 5.41) is 8.83. The molecule has 0 fully saturated rings. The van der Waals surface area contributed by atoms with Crippen molar-refractivity contribution in [3.8, 4) is 0 Å². The van der Waals surface area contributed by atoms with E-state index in [0.29, 0.717) is 0 Å². The van der Waals surface area contributed by atoms with Crippen LogP contribution >= 0.6 is 0 Å². The minimum Gasteiger partial charge on any atom is -0.289 e. The van der Waals surface area contributed by atoms with Gasteiger partial charge in [0.05, 0.1) is 4.90 Å². The van der Waals surface area contributed by atoms with Gasteiger partial charge in [-0.1, -0.05) is 25.5 Å². The van der Waals surface area contributed by atoms with E-state index >= 15 is 0 Å². The number of hydroxylamine groups is 1. The Hall–Kier alpha value is -1.70. The van der Waals surface area contributed by atoms with Gasteiger partial charge in [-0.05, 0) is 66.9 Å². The Morgan fingerprint density at radius 3 is 2.60 bits per heavy atom. The fourth-order valence-corrected chi connectivity index (χ4v) is 5.09. The average molecular weight is 364 g/mol. The highest BCUT2D eigenvalue weighted by Gasteiger charge is 2.30. The molecule has 1 aromatic rings. The molecule has 0 bridgehead atoms. The summed E-state index contributed by atoms with van der Waals surface area (Å²) >= 11 is 0. The van der Waals surface area contributed by atoms with Crippen molar-refractivity contribution >= 4 is 21.5 Å². The minimum atomic E-state index is -3.85. The van der Waals surface area contributed by atoms with Gasteiger partial charge in [0.25, 0.3) is 5.91 Å². The number of hydrogen-bond acceptors (Lipinski definition) is 4. The van der Waals surface area contributed by atoms with Crippen LogP contribution in [0.3, 0.4) is 0 Å². The molecule has 0 saturated heterocycles. The quantitative estimate of drug-likeness (QED) is 0.552. The van der Waals surface area contributed by atoms with Gasteiger partial charge in [-0.3, -0.25) is 10.0 Å². The number of amides is 1. The molecule has 0 unspecified atom stereocenters. The molecule has 0 saturated carbocycles. The topological polar surface area (TPSA) is 95.5 Å². The van der Waals surface area contributed by atoms with Crippen molar-refractivity contribution in [2.75, 3.05) is 0 Å². The monoisotopic (exact) mass is 364 g/mol. The number of allylic oxidation sites excluding steroid dienone is 2. The van der Waals surface area contributed by atoms with Crippen molar-refractivity contribution in [2.24, 2.45) is 5.92 Å². The molecule has 6 nitrogen and oxygen atoms in total. The maximum Gasteiger partial charge on any atom is 0.261 e. The van der Waals surface area contributed by atoms with Crippen molar-refractivity contribution in [1.29, 1.82) is 0 Å². The van der Waals surface area contributed by atoms with Crippen LogP contribution in [0.4, 0.5) is 0 Å². The Balaban J connectivity index is 1.87. The Kier molecular flexibility index (Phi) is 4.99. The zero-order valence-electron chi connectivity index (χ0n) is 14.5. The van der Waals surface area contributed by atoms with Crippen molar-refractivity contribution in [1.82, 2.24) is 10.2 Å². The van der Waals surface area contributed by atoms with E-state index in [2.05, 4.69) is 4.72 Å². The van der Waals surface area contributed by atoms with Crippen LogP contribution in [0, 0.1) is 5.92 Å². The largest absolute Gasteiger partial charge is 0.289 e. The molecular formula is C18H24N2O4S. The number of rotatable bonds is 5. The van der Waals surface area contributed by atoms with Crippen molar-refractivity contribution in [2.45, 2.75) is 56.9 Å². The lowest BCUT2D eigenvalue weighted by Crippen LogP contribution is -2.48. The predicted molar refractivity (Wildman–Crippen MR) is 94.4 cm³/mol. The van der Waals surface area contributed by atoms with Gasteiger partial charge in [0.15, 0.2) is 0 Å². The Bertz CT molecular complexity index is 827. The molecule has 1 atom stereocenters. The second-order valence-corrected chi connectivity index (χ2v) is 8.82. The van der Waals surface area contributed by atoms with E-state index in [0.717, 1.165) is 24.8 Å². The molecule has 136 valence electrons. The number of carbonyl (C=O) groups is 1. The lowest BCUT2D eigenvalue weighted by Gasteiger charge is -2.20. The standard InChI is InChI=1S/C18H24N2O4S/c1-11(2)17(18(21)19-22)20-25(23,24)14-7-8-16-13(10-14)9-12-5-3-4-6-15(12)16/h7-8,10-11,17,20,22H,3-6,9H2,1-2H3,(H,19,21)/t17-/m1/s1. The highest BCUT2D eigenvalue weighted by Crippen LogP contribution is 2.42. The van der Waals surface area contributed by atoms with Crippen molar-refractivity contribution in [3.63, 3.8) is 0 Å². The maximum absolute atomic E-state index is 12.7. The number of hydrogen-bond donors (Lipinski definition) is 3. The first kappa shape index (κ1) is 18.1. The molecule has 0 aliphatic heterocycles. The van der Waals surface area contributed by atoms with Gasteiger partial charge in [0, 0.05) is 0 Å². The van der Waals surface area contributed by atoms with Gasteiger partial charge in [-0.25, -0.2) is 13.9 Å². The first-order chi connectivity index (χ1) is 11.8. The molecule has 2 aliphatic carbocycles. The van der Waals surface area contributed by atoms with Crippen LogP contribution in [0.5, 0.6) is 0 Å². The second kappa shape index (κ2) is 6.90. The fourth-order valence-electron chi connectivity index (χ4n) is 3.69. The Morgan fingerprint density at radius 1 is 1.20 bits per heavy atom. The molecule has 0 heterocycles. The summed E-state index contributed by atoms with van der Waals surface area (Å²) in [7, 11) is -3.85. The summed E-state index contributed by atoms with van der Waals surface area (Å²) in [5.41, 5.74) is 6.56. The van der Waals surface area contributed by atoms with Gasteiger partial charge in [0.2, 0.25) is 10.0 Å². The predicted octanol–water partition coefficient (Wildman–Crippen LogP) is 2.38. The minimum absolute atomic E-state index is 0.155. The number of nitrogens with one attached hydrogen (secondary N) is 2. The average Bonchev–Trinajstić information content (AvgIpc) is 2.96. The third-order valence-electron chi connectivity index (χ3n) is 5.04. The van der Waals surface area contributed by atoms with Gasteiger partial charge < -0.3 is 0 Å². The van der Waals surface area contributed by atoms with Crippen molar-refractivity contribution < 1.29 is 18.4 Å². The molecule has 2 aliphatic rings. The van der Waals surface area contributed by atoms with E-state index in [9.17, 15) is 13.2 Å². The SMILES string of the molecule is CC(C)[C@@H](NS(=O)(=O)c1ccc2c(c1)CC1=C2CCCC1)C(=O)NO. The van der Waals surface area contributed by atoms with E-state index < -0.39 is 22.0 Å². The normalized spacial score (nSPS) is 18.1. The Labute approximate surface area is 148 Å². The lowest BCUT2D eigenvalue weighted by molar-refractivity contribution is -0.131. The first-order valence-electron chi connectivity index (χ1n) is 8.64. The zero-order valence-corrected chi connectivity index (χ0v) is 15.3. The number of sulfonamides is 1. The first-order valence-corrected chi connectivity index (χ1v) is 10.1. The second-order valence-electron chi connectivity index (χ2n) is 7.10. The number of carbonyl (C=O) groups excluding carboxylic acids is 1. The molecule has 7 heteroatoms. The van der Waals surface area contributed by atoms with Gasteiger partial charge >= 0.3 is 0 Å². The van der Waals surface area contributed by atoms with Crippen LogP contribution in [0.2, 0.25) is 0 Å². The number of fused-ring (bicyclic) bond motifs is 2. The van der Waals surface area contributed by atoms with Gasteiger partial charge in [-0.2, -0.15) is 4.72 Å². The van der Waals surface area contributed by atoms with E-state index in [4.69, 9.17) is 5.21 Å². The lowest BCUT2D eigenvalue weighted by atomic mass is 9.92. The van der Waals surface area contributed by atoms with Crippen LogP contribution in [0.1, 0.15) is 50.7 Å². The highest BCUT2D eigenvalue weighted by molar-refractivity contribution is 7.89. The van der Waals surface area contributed by atoms with Crippen LogP contribution < -0.4 is 10.2 Å². The summed E-state index contributed by atoms with van der Waals surface area (Å²) in [4.78, 5) is 11.9. The summed E-state index contributed by atoms with van der Waals surface area (Å²) in [6.45, 7) is 3.42. The van der Waals surface area contributed by atoms with Gasteiger partial charge in [-0.15, -0.1) is 0 Å². The molecule has 1 aromatic carbocycles. The molecule has 0 radical (unpaired) electrons. The third kappa shape index (κ3) is 3.49. The van der Waals surface area contributed by atoms with Gasteiger partial charge in [0.1, 0.15) is 6.04 Å². The highest BCUT2D eigenvalue weighted by atomic mass is 32.2. The van der Waals surface area contributed by atoms with Crippen LogP contribution in [-0.2, 0) is 21.2 Å². The third-order valence-corrected chi connectivity index (χ3v) is 6.48. The van der Waals surface area contributed by atoms with Crippen LogP contribution in [0.15, 0.2) is 28.7 Å². The van der Waals surface area contributed by atoms with E-state index in [1.165, 1.54) is 35.0 Å². The van der Waals surface area contributed by atoms with Crippen LogP contribution in [-0.4, -0.2) is 25.6 Å². The van der Waals surface area contributed by atoms with Crippen LogP contribution in [0.25, 0.3) is 5.57 Å². The fraction of sp³-hybridized carbons (Fsp3) is 0.500. The summed E-state index contributed by atoms with van der Waals surface area (Å²) in [5.74, 6) is -1.07. The van der Waals surface area contributed by atoms with E-state index in [1.807, 2.05) is 6.07 Å². The van der Waals surface area contributed by atoms with E-state index in [-0.39, 0.29) is 10.8 Å². The van der Waals surface area contributed by atoms with Crippen molar-refractivity contribution in [3.05, 3.63) is 34.9 Å². The molecule has 3 rings (SSSR count). The molecule has 25 heavy (non-hydrogen) atoms. The molecule has 1 amide bonds. The smallest absolute Gasteiger partial charge is 0.261 e. The van der Waals surface area contributed by atoms with E-state index in [1.54, 1.807) is 26.0 Å².